The Bertz CT molecular complexity index is 448. The van der Waals surface area contributed by atoms with Gasteiger partial charge in [0.15, 0.2) is 0 Å². The Hall–Kier alpha value is -1.96. The smallest absolute Gasteiger partial charge is 0.342 e. The minimum atomic E-state index is -1.24. The second-order valence-corrected chi connectivity index (χ2v) is 2.60. The fourth-order valence-corrected chi connectivity index (χ4v) is 0.806. The molecular formula is C6H8N4O4. The lowest BCUT2D eigenvalue weighted by atomic mass is 10.2. The molecule has 0 radical (unpaired) electrons. The molecule has 0 aromatic carbocycles. The molecule has 14 heavy (non-hydrogen) atoms. The summed E-state index contributed by atoms with van der Waals surface area (Å²) in [7, 11) is 0. The van der Waals surface area contributed by atoms with Crippen LogP contribution < -0.4 is 17.0 Å². The molecule has 0 spiro atoms. The van der Waals surface area contributed by atoms with Gasteiger partial charge in [-0.1, -0.05) is 0 Å². The molecule has 0 fully saturated rings. The second-order valence-electron chi connectivity index (χ2n) is 2.60. The summed E-state index contributed by atoms with van der Waals surface area (Å²) in [6, 6.07) is -1.21. The highest BCUT2D eigenvalue weighted by molar-refractivity contribution is 5.73. The largest absolute Gasteiger partial charge is 0.480 e. The van der Waals surface area contributed by atoms with E-state index in [-0.39, 0.29) is 12.1 Å². The maximum atomic E-state index is 11.0. The lowest BCUT2D eigenvalue weighted by Gasteiger charge is -2.02. The molecule has 8 nitrogen and oxygen atoms in total. The maximum absolute atomic E-state index is 11.0. The van der Waals surface area contributed by atoms with Crippen LogP contribution in [0.5, 0.6) is 0 Å². The Morgan fingerprint density at radius 2 is 2.21 bits per heavy atom. The highest BCUT2D eigenvalue weighted by Gasteiger charge is 2.15. The van der Waals surface area contributed by atoms with E-state index in [2.05, 4.69) is 5.10 Å². The Labute approximate surface area is 76.8 Å². The summed E-state index contributed by atoms with van der Waals surface area (Å²) >= 11 is 0. The molecular weight excluding hydrogens is 192 g/mol. The van der Waals surface area contributed by atoms with Gasteiger partial charge in [-0.15, -0.1) is 0 Å². The van der Waals surface area contributed by atoms with Crippen LogP contribution in [0.25, 0.3) is 0 Å². The predicted octanol–water partition coefficient (Wildman–Crippen LogP) is -2.59. The summed E-state index contributed by atoms with van der Waals surface area (Å²) in [5, 5.41) is 13.8. The number of carbonyl (C=O) groups is 1. The summed E-state index contributed by atoms with van der Waals surface area (Å²) in [4.78, 5) is 33.8. The molecule has 1 atom stereocenters. The molecule has 0 saturated heterocycles. The van der Waals surface area contributed by atoms with E-state index in [9.17, 15) is 14.4 Å². The summed E-state index contributed by atoms with van der Waals surface area (Å²) < 4.78 is 0. The van der Waals surface area contributed by atoms with Crippen molar-refractivity contribution in [2.24, 2.45) is 5.73 Å². The molecule has 0 bridgehead atoms. The molecule has 1 heterocycles. The zero-order valence-electron chi connectivity index (χ0n) is 6.98. The van der Waals surface area contributed by atoms with Gasteiger partial charge in [-0.3, -0.25) is 14.6 Å². The average molecular weight is 200 g/mol. The second kappa shape index (κ2) is 3.83. The van der Waals surface area contributed by atoms with Crippen LogP contribution >= 0.6 is 0 Å². The van der Waals surface area contributed by atoms with E-state index >= 15 is 0 Å². The first-order valence-electron chi connectivity index (χ1n) is 3.67. The van der Waals surface area contributed by atoms with E-state index in [1.165, 1.54) is 0 Å². The molecule has 0 aliphatic rings. The van der Waals surface area contributed by atoms with Gasteiger partial charge in [-0.05, 0) is 0 Å². The first-order valence-corrected chi connectivity index (χ1v) is 3.67. The van der Waals surface area contributed by atoms with Gasteiger partial charge in [0.25, 0.3) is 5.56 Å². The maximum Gasteiger partial charge on any atom is 0.342 e. The molecule has 1 unspecified atom stereocenters. The number of nitrogens with zero attached hydrogens (tertiary/aromatic N) is 1. The number of aromatic nitrogens is 3. The highest BCUT2D eigenvalue weighted by atomic mass is 16.4. The van der Waals surface area contributed by atoms with Crippen molar-refractivity contribution in [3.63, 3.8) is 0 Å². The molecule has 0 aliphatic carbocycles. The van der Waals surface area contributed by atoms with Crippen LogP contribution in [-0.2, 0) is 11.2 Å². The third kappa shape index (κ3) is 2.26. The molecule has 0 saturated carbocycles. The van der Waals surface area contributed by atoms with Crippen molar-refractivity contribution in [2.75, 3.05) is 0 Å². The van der Waals surface area contributed by atoms with Crippen molar-refractivity contribution in [1.29, 1.82) is 0 Å². The fraction of sp³-hybridized carbons (Fsp3) is 0.333. The topological polar surface area (TPSA) is 142 Å². The van der Waals surface area contributed by atoms with E-state index in [0.29, 0.717) is 0 Å². The van der Waals surface area contributed by atoms with Crippen LogP contribution in [0.4, 0.5) is 0 Å². The molecule has 1 rings (SSSR count). The number of aliphatic carboxylic acids is 1. The zero-order valence-corrected chi connectivity index (χ0v) is 6.98. The third-order valence-electron chi connectivity index (χ3n) is 1.51. The van der Waals surface area contributed by atoms with E-state index < -0.39 is 23.3 Å². The summed E-state index contributed by atoms with van der Waals surface area (Å²) in [6.45, 7) is 0. The highest BCUT2D eigenvalue weighted by Crippen LogP contribution is 1.88. The number of H-pyrrole nitrogens is 2. The van der Waals surface area contributed by atoms with Crippen molar-refractivity contribution < 1.29 is 9.90 Å². The lowest BCUT2D eigenvalue weighted by Crippen LogP contribution is -2.37. The number of hydrogen-bond donors (Lipinski definition) is 4. The Kier molecular flexibility index (Phi) is 2.77. The lowest BCUT2D eigenvalue weighted by molar-refractivity contribution is -0.138. The van der Waals surface area contributed by atoms with Crippen molar-refractivity contribution in [2.45, 2.75) is 12.5 Å². The van der Waals surface area contributed by atoms with Crippen LogP contribution in [0, 0.1) is 0 Å². The van der Waals surface area contributed by atoms with Gasteiger partial charge in [0, 0.05) is 6.42 Å². The number of carboxylic acid groups (broad SMARTS) is 1. The molecule has 0 amide bonds. The quantitative estimate of drug-likeness (QED) is 0.421. The first kappa shape index (κ1) is 10.1. The molecule has 1 aromatic heterocycles. The number of rotatable bonds is 3. The Morgan fingerprint density at radius 3 is 2.71 bits per heavy atom. The molecule has 0 aliphatic heterocycles. The van der Waals surface area contributed by atoms with Crippen LogP contribution in [0.15, 0.2) is 9.59 Å². The van der Waals surface area contributed by atoms with Crippen LogP contribution in [0.1, 0.15) is 5.69 Å². The average Bonchev–Trinajstić information content (AvgIpc) is 2.09. The predicted molar refractivity (Wildman–Crippen MR) is 44.8 cm³/mol. The van der Waals surface area contributed by atoms with Gasteiger partial charge >= 0.3 is 11.7 Å². The van der Waals surface area contributed by atoms with Crippen molar-refractivity contribution in [1.82, 2.24) is 15.2 Å². The number of carboxylic acids is 1. The molecule has 1 aromatic rings. The van der Waals surface area contributed by atoms with Gasteiger partial charge in [-0.2, -0.15) is 5.10 Å². The number of nitrogens with two attached hydrogens (primary N) is 1. The molecule has 8 heteroatoms. The number of nitrogens with one attached hydrogen (secondary N) is 2. The minimum Gasteiger partial charge on any atom is -0.480 e. The van der Waals surface area contributed by atoms with Gasteiger partial charge in [-0.25, -0.2) is 9.89 Å². The monoisotopic (exact) mass is 200 g/mol. The van der Waals surface area contributed by atoms with Gasteiger partial charge in [0.2, 0.25) is 0 Å². The van der Waals surface area contributed by atoms with Crippen LogP contribution in [0.2, 0.25) is 0 Å². The van der Waals surface area contributed by atoms with Crippen molar-refractivity contribution >= 4 is 5.97 Å². The van der Waals surface area contributed by atoms with Crippen molar-refractivity contribution in [3.8, 4) is 0 Å². The third-order valence-corrected chi connectivity index (χ3v) is 1.51. The number of hydrogen-bond acceptors (Lipinski definition) is 5. The summed E-state index contributed by atoms with van der Waals surface area (Å²) in [6.07, 6.45) is -0.235. The number of aromatic amines is 2. The van der Waals surface area contributed by atoms with Gasteiger partial charge < -0.3 is 10.8 Å². The standard InChI is InChI=1S/C6H8N4O4/c7-2(5(12)13)1-3-4(11)8-6(14)10-9-3/h2H,1,7H2,(H,12,13)(H2,8,10,11,14). The van der Waals surface area contributed by atoms with Crippen molar-refractivity contribution in [3.05, 3.63) is 26.5 Å². The van der Waals surface area contributed by atoms with E-state index in [1.54, 1.807) is 0 Å². The fourth-order valence-electron chi connectivity index (χ4n) is 0.806. The Balaban J connectivity index is 2.93. The van der Waals surface area contributed by atoms with Gasteiger partial charge in [0.1, 0.15) is 11.7 Å². The van der Waals surface area contributed by atoms with Crippen LogP contribution in [-0.4, -0.2) is 32.3 Å². The summed E-state index contributed by atoms with van der Waals surface area (Å²) in [5.74, 6) is -1.24. The minimum absolute atomic E-state index is 0.112. The van der Waals surface area contributed by atoms with Gasteiger partial charge in [0.05, 0.1) is 0 Å². The van der Waals surface area contributed by atoms with Crippen LogP contribution in [0.3, 0.4) is 0 Å². The Morgan fingerprint density at radius 1 is 1.57 bits per heavy atom. The first-order chi connectivity index (χ1) is 6.50. The van der Waals surface area contributed by atoms with E-state index in [0.717, 1.165) is 0 Å². The molecule has 5 N–H and O–H groups in total. The molecule has 76 valence electrons. The van der Waals surface area contributed by atoms with E-state index in [1.807, 2.05) is 10.1 Å². The zero-order chi connectivity index (χ0) is 10.7. The summed E-state index contributed by atoms with van der Waals surface area (Å²) in [5.41, 5.74) is 3.58. The normalized spacial score (nSPS) is 12.4. The SMILES string of the molecule is NC(Cc1n[nH]c(=O)[nH]c1=O)C(=O)O. The van der Waals surface area contributed by atoms with E-state index in [4.69, 9.17) is 10.8 Å².